The first-order valence-corrected chi connectivity index (χ1v) is 11.2. The second-order valence-electron chi connectivity index (χ2n) is 6.90. The van der Waals surface area contributed by atoms with Crippen LogP contribution in [-0.2, 0) is 14.8 Å². The van der Waals surface area contributed by atoms with E-state index in [1.807, 2.05) is 12.1 Å². The number of esters is 1. The molecule has 9 heteroatoms. The molecular weight excluding hydrogens is 423 g/mol. The summed E-state index contributed by atoms with van der Waals surface area (Å²) in [7, 11) is -3.88. The number of rotatable bonds is 8. The Kier molecular flexibility index (Phi) is 6.56. The third kappa shape index (κ3) is 4.38. The largest absolute Gasteiger partial charge is 0.454 e. The molecule has 0 fully saturated rings. The van der Waals surface area contributed by atoms with Crippen LogP contribution < -0.4 is 0 Å². The molecular formula is C22H23FN2O5S. The van der Waals surface area contributed by atoms with Crippen LogP contribution in [0.3, 0.4) is 0 Å². The van der Waals surface area contributed by atoms with Crippen molar-refractivity contribution in [1.29, 1.82) is 0 Å². The number of Topliss-reactive ketones (excluding diaryl/α,β-unsaturated/α-hetero) is 1. The van der Waals surface area contributed by atoms with Gasteiger partial charge in [0.15, 0.2) is 6.61 Å². The smallest absolute Gasteiger partial charge is 0.341 e. The van der Waals surface area contributed by atoms with Gasteiger partial charge in [0.1, 0.15) is 5.82 Å². The topological polar surface area (TPSA) is 96.5 Å². The van der Waals surface area contributed by atoms with Gasteiger partial charge in [-0.3, -0.25) is 4.79 Å². The van der Waals surface area contributed by atoms with Crippen LogP contribution in [0.15, 0.2) is 47.4 Å². The van der Waals surface area contributed by atoms with Crippen molar-refractivity contribution in [3.63, 3.8) is 0 Å². The summed E-state index contributed by atoms with van der Waals surface area (Å²) in [5.74, 6) is -2.49. The van der Waals surface area contributed by atoms with Crippen molar-refractivity contribution in [1.82, 2.24) is 9.29 Å². The van der Waals surface area contributed by atoms with Crippen molar-refractivity contribution in [2.75, 3.05) is 19.7 Å². The van der Waals surface area contributed by atoms with E-state index in [0.29, 0.717) is 16.6 Å². The highest BCUT2D eigenvalue weighted by molar-refractivity contribution is 7.89. The van der Waals surface area contributed by atoms with E-state index in [1.165, 1.54) is 4.31 Å². The zero-order valence-electron chi connectivity index (χ0n) is 17.4. The fraction of sp³-hybridized carbons (Fsp3) is 0.273. The highest BCUT2D eigenvalue weighted by Crippen LogP contribution is 2.23. The molecule has 31 heavy (non-hydrogen) atoms. The molecule has 0 bridgehead atoms. The van der Waals surface area contributed by atoms with Crippen molar-refractivity contribution in [2.24, 2.45) is 0 Å². The van der Waals surface area contributed by atoms with Crippen LogP contribution in [0.2, 0.25) is 0 Å². The number of aryl methyl sites for hydroxylation is 1. The second kappa shape index (κ2) is 8.99. The molecule has 0 saturated heterocycles. The van der Waals surface area contributed by atoms with Crippen LogP contribution in [0.5, 0.6) is 0 Å². The van der Waals surface area contributed by atoms with E-state index in [0.717, 1.165) is 23.7 Å². The van der Waals surface area contributed by atoms with E-state index in [4.69, 9.17) is 4.74 Å². The van der Waals surface area contributed by atoms with E-state index in [1.54, 1.807) is 32.9 Å². The van der Waals surface area contributed by atoms with E-state index >= 15 is 0 Å². The fourth-order valence-corrected chi connectivity index (χ4v) is 4.94. The predicted molar refractivity (Wildman–Crippen MR) is 114 cm³/mol. The summed E-state index contributed by atoms with van der Waals surface area (Å²) in [6.07, 6.45) is 0. The number of ketones is 1. The quantitative estimate of drug-likeness (QED) is 0.421. The number of aromatic nitrogens is 1. The number of fused-ring (bicyclic) bond motifs is 1. The molecule has 2 aromatic carbocycles. The number of benzene rings is 2. The molecule has 0 aliphatic heterocycles. The number of halogens is 1. The maximum atomic E-state index is 14.2. The number of hydrogen-bond acceptors (Lipinski definition) is 5. The first-order valence-electron chi connectivity index (χ1n) is 9.78. The number of ether oxygens (including phenoxy) is 1. The molecule has 164 valence electrons. The summed E-state index contributed by atoms with van der Waals surface area (Å²) >= 11 is 0. The predicted octanol–water partition coefficient (Wildman–Crippen LogP) is 3.69. The van der Waals surface area contributed by atoms with Gasteiger partial charge in [-0.25, -0.2) is 17.6 Å². The number of sulfonamides is 1. The van der Waals surface area contributed by atoms with Crippen LogP contribution >= 0.6 is 0 Å². The summed E-state index contributed by atoms with van der Waals surface area (Å²) in [4.78, 5) is 28.0. The SMILES string of the molecule is CCN(CC)S(=O)(=O)c1ccc(F)c(C(=O)OCC(=O)c2c(C)[nH]c3ccccc23)c1. The molecule has 1 heterocycles. The highest BCUT2D eigenvalue weighted by Gasteiger charge is 2.25. The highest BCUT2D eigenvalue weighted by atomic mass is 32.2. The third-order valence-corrected chi connectivity index (χ3v) is 7.05. The lowest BCUT2D eigenvalue weighted by Crippen LogP contribution is -2.30. The van der Waals surface area contributed by atoms with Crippen molar-refractivity contribution in [2.45, 2.75) is 25.7 Å². The van der Waals surface area contributed by atoms with E-state index in [9.17, 15) is 22.4 Å². The summed E-state index contributed by atoms with van der Waals surface area (Å²) in [6, 6.07) is 10.1. The van der Waals surface area contributed by atoms with Crippen LogP contribution in [0.4, 0.5) is 4.39 Å². The molecule has 1 N–H and O–H groups in total. The summed E-state index contributed by atoms with van der Waals surface area (Å²) in [5.41, 5.74) is 1.24. The lowest BCUT2D eigenvalue weighted by atomic mass is 10.1. The molecule has 7 nitrogen and oxygen atoms in total. The van der Waals surface area contributed by atoms with Crippen molar-refractivity contribution < 1.29 is 27.1 Å². The van der Waals surface area contributed by atoms with Gasteiger partial charge in [0, 0.05) is 35.2 Å². The van der Waals surface area contributed by atoms with Crippen LogP contribution in [0, 0.1) is 12.7 Å². The molecule has 3 rings (SSSR count). The zero-order valence-corrected chi connectivity index (χ0v) is 18.3. The number of carbonyl (C=O) groups is 2. The maximum Gasteiger partial charge on any atom is 0.341 e. The van der Waals surface area contributed by atoms with E-state index < -0.39 is 39.8 Å². The Bertz CT molecular complexity index is 1250. The maximum absolute atomic E-state index is 14.2. The minimum atomic E-state index is -3.88. The normalized spacial score (nSPS) is 11.8. The summed E-state index contributed by atoms with van der Waals surface area (Å²) in [6.45, 7) is 4.95. The Morgan fingerprint density at radius 1 is 1.10 bits per heavy atom. The van der Waals surface area contributed by atoms with Crippen LogP contribution in [0.25, 0.3) is 10.9 Å². The molecule has 0 atom stereocenters. The third-order valence-electron chi connectivity index (χ3n) is 5.01. The standard InChI is InChI=1S/C22H23FN2O5S/c1-4-25(5-2)31(28,29)15-10-11-18(23)17(12-15)22(27)30-13-20(26)21-14(3)24-19-9-7-6-8-16(19)21/h6-12,24H,4-5,13H2,1-3H3. The summed E-state index contributed by atoms with van der Waals surface area (Å²) < 4.78 is 45.8. The molecule has 0 spiro atoms. The van der Waals surface area contributed by atoms with Gasteiger partial charge in [0.2, 0.25) is 15.8 Å². The van der Waals surface area contributed by atoms with Crippen molar-refractivity contribution in [3.05, 3.63) is 65.1 Å². The average molecular weight is 447 g/mol. The van der Waals surface area contributed by atoms with Gasteiger partial charge < -0.3 is 9.72 Å². The van der Waals surface area contributed by atoms with Gasteiger partial charge in [-0.1, -0.05) is 32.0 Å². The van der Waals surface area contributed by atoms with E-state index in [2.05, 4.69) is 4.98 Å². The molecule has 1 aromatic heterocycles. The first kappa shape index (κ1) is 22.6. The number of nitrogens with one attached hydrogen (secondary N) is 1. The number of para-hydroxylation sites is 1. The van der Waals surface area contributed by atoms with E-state index in [-0.39, 0.29) is 18.0 Å². The summed E-state index contributed by atoms with van der Waals surface area (Å²) in [5, 5.41) is 0.694. The number of hydrogen-bond donors (Lipinski definition) is 1. The minimum absolute atomic E-state index is 0.219. The zero-order chi connectivity index (χ0) is 22.8. The number of H-pyrrole nitrogens is 1. The monoisotopic (exact) mass is 446 g/mol. The van der Waals surface area contributed by atoms with Gasteiger partial charge in [-0.15, -0.1) is 0 Å². The van der Waals surface area contributed by atoms with Crippen LogP contribution in [0.1, 0.15) is 40.3 Å². The lowest BCUT2D eigenvalue weighted by molar-refractivity contribution is 0.0470. The molecule has 0 aliphatic rings. The second-order valence-corrected chi connectivity index (χ2v) is 8.84. The van der Waals surface area contributed by atoms with Gasteiger partial charge >= 0.3 is 5.97 Å². The minimum Gasteiger partial charge on any atom is -0.454 e. The number of nitrogens with zero attached hydrogens (tertiary/aromatic N) is 1. The number of carbonyl (C=O) groups excluding carboxylic acids is 2. The van der Waals surface area contributed by atoms with Crippen molar-refractivity contribution in [3.8, 4) is 0 Å². The van der Waals surface area contributed by atoms with Gasteiger partial charge in [0.25, 0.3) is 0 Å². The van der Waals surface area contributed by atoms with Gasteiger partial charge in [0.05, 0.1) is 10.5 Å². The van der Waals surface area contributed by atoms with Crippen LogP contribution in [-0.4, -0.2) is 49.2 Å². The molecule has 0 aliphatic carbocycles. The molecule has 0 radical (unpaired) electrons. The lowest BCUT2D eigenvalue weighted by Gasteiger charge is -2.18. The first-order chi connectivity index (χ1) is 14.7. The molecule has 0 saturated carbocycles. The Balaban J connectivity index is 1.82. The average Bonchev–Trinajstić information content (AvgIpc) is 3.08. The Hall–Kier alpha value is -3.04. The molecule has 3 aromatic rings. The fourth-order valence-electron chi connectivity index (χ4n) is 3.45. The van der Waals surface area contributed by atoms with Gasteiger partial charge in [-0.05, 0) is 31.2 Å². The molecule has 0 amide bonds. The van der Waals surface area contributed by atoms with Crippen molar-refractivity contribution >= 4 is 32.7 Å². The Morgan fingerprint density at radius 2 is 1.77 bits per heavy atom. The molecule has 0 unspecified atom stereocenters. The Labute approximate surface area is 179 Å². The van der Waals surface area contributed by atoms with Gasteiger partial charge in [-0.2, -0.15) is 4.31 Å². The Morgan fingerprint density at radius 3 is 2.45 bits per heavy atom. The number of aromatic amines is 1.